The highest BCUT2D eigenvalue weighted by atomic mass is 16.5. The van der Waals surface area contributed by atoms with Gasteiger partial charge in [0.15, 0.2) is 0 Å². The second-order valence-electron chi connectivity index (χ2n) is 5.94. The highest BCUT2D eigenvalue weighted by molar-refractivity contribution is 5.33. The first-order valence-corrected chi connectivity index (χ1v) is 6.97. The van der Waals surface area contributed by atoms with Gasteiger partial charge in [-0.25, -0.2) is 0 Å². The van der Waals surface area contributed by atoms with Crippen molar-refractivity contribution in [1.82, 2.24) is 0 Å². The van der Waals surface area contributed by atoms with Crippen LogP contribution in [0, 0.1) is 5.41 Å². The fourth-order valence-corrected chi connectivity index (χ4v) is 2.77. The number of aliphatic hydroxyl groups excluding tert-OH is 1. The van der Waals surface area contributed by atoms with Crippen LogP contribution in [0.3, 0.4) is 0 Å². The fourth-order valence-electron chi connectivity index (χ4n) is 2.77. The Morgan fingerprint density at radius 1 is 1.33 bits per heavy atom. The van der Waals surface area contributed by atoms with E-state index in [-0.39, 0.29) is 17.6 Å². The van der Waals surface area contributed by atoms with E-state index >= 15 is 0 Å². The summed E-state index contributed by atoms with van der Waals surface area (Å²) in [6, 6.07) is 8.13. The third kappa shape index (κ3) is 2.69. The molecule has 0 radical (unpaired) electrons. The van der Waals surface area contributed by atoms with Gasteiger partial charge in [0.2, 0.25) is 0 Å². The highest BCUT2D eigenvalue weighted by Gasteiger charge is 2.39. The summed E-state index contributed by atoms with van der Waals surface area (Å²) in [4.78, 5) is 0. The van der Waals surface area contributed by atoms with Crippen molar-refractivity contribution in [3.05, 3.63) is 29.8 Å². The van der Waals surface area contributed by atoms with E-state index in [0.29, 0.717) is 0 Å². The second kappa shape index (κ2) is 5.31. The van der Waals surface area contributed by atoms with E-state index in [1.807, 2.05) is 18.2 Å². The molecule has 2 heteroatoms. The Morgan fingerprint density at radius 3 is 2.78 bits per heavy atom. The molecule has 0 bridgehead atoms. The zero-order valence-electron chi connectivity index (χ0n) is 11.6. The second-order valence-corrected chi connectivity index (χ2v) is 5.94. The molecule has 2 atom stereocenters. The summed E-state index contributed by atoms with van der Waals surface area (Å²) >= 11 is 0. The third-order valence-corrected chi connectivity index (χ3v) is 4.09. The van der Waals surface area contributed by atoms with Gasteiger partial charge < -0.3 is 9.84 Å². The van der Waals surface area contributed by atoms with Gasteiger partial charge in [-0.15, -0.1) is 0 Å². The van der Waals surface area contributed by atoms with E-state index in [9.17, 15) is 5.11 Å². The Kier molecular flexibility index (Phi) is 3.96. The molecule has 0 heterocycles. The van der Waals surface area contributed by atoms with Crippen molar-refractivity contribution in [3.63, 3.8) is 0 Å². The molecular weight excluding hydrogens is 224 g/mol. The molecule has 1 saturated carbocycles. The average Bonchev–Trinajstić information content (AvgIpc) is 2.35. The van der Waals surface area contributed by atoms with Crippen molar-refractivity contribution < 1.29 is 9.84 Å². The van der Waals surface area contributed by atoms with Crippen LogP contribution in [-0.2, 0) is 6.42 Å². The quantitative estimate of drug-likeness (QED) is 0.886. The number of aryl methyl sites for hydroxylation is 1. The molecule has 0 aromatic heterocycles. The van der Waals surface area contributed by atoms with Gasteiger partial charge in [0.1, 0.15) is 11.9 Å². The highest BCUT2D eigenvalue weighted by Crippen LogP contribution is 2.37. The lowest BCUT2D eigenvalue weighted by molar-refractivity contribution is -0.0692. The van der Waals surface area contributed by atoms with Crippen LogP contribution in [0.25, 0.3) is 0 Å². The molecule has 1 aromatic carbocycles. The van der Waals surface area contributed by atoms with E-state index in [1.54, 1.807) is 0 Å². The number of aliphatic hydroxyl groups is 1. The minimum absolute atomic E-state index is 0.0376. The standard InChI is InChI=1S/C16H24O2/c1-4-12-8-5-6-9-13(12)18-14-10-7-11-16(2,3)15(14)17/h5-6,8-9,14-15,17H,4,7,10-11H2,1-3H3. The lowest BCUT2D eigenvalue weighted by Gasteiger charge is -2.40. The summed E-state index contributed by atoms with van der Waals surface area (Å²) < 4.78 is 6.08. The first kappa shape index (κ1) is 13.4. The van der Waals surface area contributed by atoms with E-state index in [1.165, 1.54) is 5.56 Å². The van der Waals surface area contributed by atoms with Gasteiger partial charge in [0, 0.05) is 0 Å². The Morgan fingerprint density at radius 2 is 2.06 bits per heavy atom. The van der Waals surface area contributed by atoms with Crippen LogP contribution in [0.1, 0.15) is 45.6 Å². The van der Waals surface area contributed by atoms with Crippen LogP contribution in [0.2, 0.25) is 0 Å². The summed E-state index contributed by atoms with van der Waals surface area (Å²) in [5.74, 6) is 0.932. The van der Waals surface area contributed by atoms with E-state index in [0.717, 1.165) is 31.4 Å². The molecule has 0 aliphatic heterocycles. The zero-order chi connectivity index (χ0) is 13.2. The molecule has 0 saturated heterocycles. The third-order valence-electron chi connectivity index (χ3n) is 4.09. The molecule has 0 spiro atoms. The minimum Gasteiger partial charge on any atom is -0.487 e. The monoisotopic (exact) mass is 248 g/mol. The SMILES string of the molecule is CCc1ccccc1OC1CCCC(C)(C)C1O. The largest absolute Gasteiger partial charge is 0.487 e. The smallest absolute Gasteiger partial charge is 0.125 e. The number of benzene rings is 1. The number of hydrogen-bond donors (Lipinski definition) is 1. The molecule has 1 aliphatic rings. The molecular formula is C16H24O2. The maximum atomic E-state index is 10.4. The molecule has 1 N–H and O–H groups in total. The lowest BCUT2D eigenvalue weighted by atomic mass is 9.73. The Balaban J connectivity index is 2.13. The average molecular weight is 248 g/mol. The number of ether oxygens (including phenoxy) is 1. The van der Waals surface area contributed by atoms with E-state index < -0.39 is 0 Å². The van der Waals surface area contributed by atoms with Crippen molar-refractivity contribution in [2.24, 2.45) is 5.41 Å². The van der Waals surface area contributed by atoms with E-state index in [4.69, 9.17) is 4.74 Å². The van der Waals surface area contributed by atoms with Crippen LogP contribution in [0.5, 0.6) is 5.75 Å². The van der Waals surface area contributed by atoms with E-state index in [2.05, 4.69) is 26.8 Å². The summed E-state index contributed by atoms with van der Waals surface area (Å²) in [7, 11) is 0. The van der Waals surface area contributed by atoms with Gasteiger partial charge >= 0.3 is 0 Å². The van der Waals surface area contributed by atoms with Crippen molar-refractivity contribution >= 4 is 0 Å². The summed E-state index contributed by atoms with van der Waals surface area (Å²) in [5, 5.41) is 10.4. The predicted molar refractivity (Wildman–Crippen MR) is 73.9 cm³/mol. The maximum Gasteiger partial charge on any atom is 0.125 e. The molecule has 1 fully saturated rings. The van der Waals surface area contributed by atoms with Crippen molar-refractivity contribution in [2.75, 3.05) is 0 Å². The first-order valence-electron chi connectivity index (χ1n) is 6.97. The molecule has 2 rings (SSSR count). The molecule has 1 aliphatic carbocycles. The Hall–Kier alpha value is -1.02. The minimum atomic E-state index is -0.379. The van der Waals surface area contributed by atoms with Crippen molar-refractivity contribution in [2.45, 2.75) is 58.7 Å². The van der Waals surface area contributed by atoms with Gasteiger partial charge in [0.25, 0.3) is 0 Å². The molecule has 2 nitrogen and oxygen atoms in total. The van der Waals surface area contributed by atoms with Crippen LogP contribution >= 0.6 is 0 Å². The summed E-state index contributed by atoms with van der Waals surface area (Å²) in [6.45, 7) is 6.38. The van der Waals surface area contributed by atoms with Gasteiger partial charge in [-0.1, -0.05) is 39.0 Å². The van der Waals surface area contributed by atoms with Crippen molar-refractivity contribution in [3.8, 4) is 5.75 Å². The zero-order valence-corrected chi connectivity index (χ0v) is 11.6. The van der Waals surface area contributed by atoms with Gasteiger partial charge in [-0.2, -0.15) is 0 Å². The van der Waals surface area contributed by atoms with Gasteiger partial charge in [0.05, 0.1) is 6.10 Å². The number of para-hydroxylation sites is 1. The molecule has 18 heavy (non-hydrogen) atoms. The van der Waals surface area contributed by atoms with Gasteiger partial charge in [-0.3, -0.25) is 0 Å². The van der Waals surface area contributed by atoms with Crippen LogP contribution in [0.15, 0.2) is 24.3 Å². The van der Waals surface area contributed by atoms with Crippen LogP contribution in [-0.4, -0.2) is 17.3 Å². The van der Waals surface area contributed by atoms with Crippen LogP contribution in [0.4, 0.5) is 0 Å². The molecule has 0 amide bonds. The summed E-state index contributed by atoms with van der Waals surface area (Å²) in [6.07, 6.45) is 3.66. The van der Waals surface area contributed by atoms with Crippen molar-refractivity contribution in [1.29, 1.82) is 0 Å². The van der Waals surface area contributed by atoms with Gasteiger partial charge in [-0.05, 0) is 42.7 Å². The normalized spacial score (nSPS) is 26.9. The number of rotatable bonds is 3. The number of hydrogen-bond acceptors (Lipinski definition) is 2. The Labute approximate surface area is 110 Å². The molecule has 100 valence electrons. The molecule has 2 unspecified atom stereocenters. The maximum absolute atomic E-state index is 10.4. The fraction of sp³-hybridized carbons (Fsp3) is 0.625. The van der Waals surface area contributed by atoms with Crippen LogP contribution < -0.4 is 4.74 Å². The summed E-state index contributed by atoms with van der Waals surface area (Å²) in [5.41, 5.74) is 1.18. The molecule has 1 aromatic rings. The topological polar surface area (TPSA) is 29.5 Å². The Bertz CT molecular complexity index is 398. The first-order chi connectivity index (χ1) is 8.54. The lowest BCUT2D eigenvalue weighted by Crippen LogP contribution is -2.46. The predicted octanol–water partition coefficient (Wildman–Crippen LogP) is 3.57.